The number of carbonyl (C=O) groups is 2. The average Bonchev–Trinajstić information content (AvgIpc) is 3.77. The number of hydrogen-bond donors (Lipinski definition) is 0. The van der Waals surface area contributed by atoms with Crippen molar-refractivity contribution in [2.75, 3.05) is 0 Å². The summed E-state index contributed by atoms with van der Waals surface area (Å²) in [4.78, 5) is 35.7. The topological polar surface area (TPSA) is 59.9 Å². The van der Waals surface area contributed by atoms with Crippen LogP contribution in [0.3, 0.4) is 0 Å². The number of hydrogen-bond acceptors (Lipinski definition) is 4. The standard InChI is InChI=1S/C37H44N2O2/c1-25(26(2)27(3)40)23-28-11-7-8-14-30(17-16-28)37(41)33-20-21-35(29-12-5-4-6-13-29)39-36(33)34-24-31(34)18-19-32-15-9-10-22-38-32/h4-6,9-10,12-13,15,20-22,28,30-31,34H,7-8,11,14,16-19,23-24H2,1-3H3/b26-25-. The normalized spacial score (nSPS) is 23.2. The molecular formula is C37H44N2O2. The molecular weight excluding hydrogens is 504 g/mol. The number of aryl methyl sites for hydroxylation is 1. The molecule has 0 spiro atoms. The fourth-order valence-electron chi connectivity index (χ4n) is 6.64. The van der Waals surface area contributed by atoms with Crippen LogP contribution in [0.2, 0.25) is 0 Å². The van der Waals surface area contributed by atoms with Gasteiger partial charge >= 0.3 is 0 Å². The molecule has 2 aliphatic rings. The van der Waals surface area contributed by atoms with Crippen molar-refractivity contribution in [2.24, 2.45) is 17.8 Å². The number of benzene rings is 1. The van der Waals surface area contributed by atoms with Crippen molar-refractivity contribution >= 4 is 11.6 Å². The number of nitrogens with zero attached hydrogens (tertiary/aromatic N) is 2. The van der Waals surface area contributed by atoms with E-state index in [1.807, 2.05) is 43.5 Å². The molecule has 0 amide bonds. The van der Waals surface area contributed by atoms with Crippen molar-refractivity contribution in [1.29, 1.82) is 0 Å². The van der Waals surface area contributed by atoms with E-state index >= 15 is 0 Å². The molecule has 214 valence electrons. The summed E-state index contributed by atoms with van der Waals surface area (Å²) in [5.41, 5.74) is 7.14. The monoisotopic (exact) mass is 548 g/mol. The Hall–Kier alpha value is -3.40. The molecule has 41 heavy (non-hydrogen) atoms. The number of allylic oxidation sites excluding steroid dienone is 2. The van der Waals surface area contributed by atoms with Gasteiger partial charge in [-0.2, -0.15) is 0 Å². The maximum Gasteiger partial charge on any atom is 0.167 e. The molecule has 0 aliphatic heterocycles. The molecule has 2 aromatic heterocycles. The first-order chi connectivity index (χ1) is 19.9. The minimum Gasteiger partial charge on any atom is -0.295 e. The summed E-state index contributed by atoms with van der Waals surface area (Å²) in [7, 11) is 0. The smallest absolute Gasteiger partial charge is 0.167 e. The zero-order chi connectivity index (χ0) is 28.8. The fraction of sp³-hybridized carbons (Fsp3) is 0.459. The SMILES string of the molecule is CC(=O)/C(C)=C(/C)CC1CCCCC(C(=O)c2ccc(-c3ccccc3)nc2C2CC2CCc2ccccn2)CC1. The lowest BCUT2D eigenvalue weighted by Gasteiger charge is -2.25. The van der Waals surface area contributed by atoms with Gasteiger partial charge in [0.25, 0.3) is 0 Å². The summed E-state index contributed by atoms with van der Waals surface area (Å²) in [6, 6.07) is 20.5. The van der Waals surface area contributed by atoms with Gasteiger partial charge in [0.1, 0.15) is 0 Å². The molecule has 2 heterocycles. The van der Waals surface area contributed by atoms with Crippen LogP contribution in [0.25, 0.3) is 11.3 Å². The largest absolute Gasteiger partial charge is 0.295 e. The van der Waals surface area contributed by atoms with Crippen LogP contribution in [-0.4, -0.2) is 21.5 Å². The minimum atomic E-state index is 0.0461. The lowest BCUT2D eigenvalue weighted by atomic mass is 9.79. The molecule has 4 atom stereocenters. The molecule has 5 rings (SSSR count). The molecule has 0 N–H and O–H groups in total. The number of rotatable bonds is 10. The highest BCUT2D eigenvalue weighted by molar-refractivity contribution is 5.99. The van der Waals surface area contributed by atoms with Gasteiger partial charge in [0.05, 0.1) is 11.4 Å². The number of carbonyl (C=O) groups excluding carboxylic acids is 2. The van der Waals surface area contributed by atoms with Crippen molar-refractivity contribution in [1.82, 2.24) is 9.97 Å². The molecule has 3 aromatic rings. The molecule has 1 aromatic carbocycles. The van der Waals surface area contributed by atoms with Crippen LogP contribution < -0.4 is 0 Å². The Balaban J connectivity index is 1.34. The van der Waals surface area contributed by atoms with Crippen LogP contribution in [0.5, 0.6) is 0 Å². The number of pyridine rings is 2. The highest BCUT2D eigenvalue weighted by Gasteiger charge is 2.42. The first-order valence-electron chi connectivity index (χ1n) is 15.6. The predicted octanol–water partition coefficient (Wildman–Crippen LogP) is 8.96. The Morgan fingerprint density at radius 1 is 0.854 bits per heavy atom. The first kappa shape index (κ1) is 29.1. The van der Waals surface area contributed by atoms with E-state index in [4.69, 9.17) is 4.98 Å². The second-order valence-corrected chi connectivity index (χ2v) is 12.4. The zero-order valence-corrected chi connectivity index (χ0v) is 24.9. The summed E-state index contributed by atoms with van der Waals surface area (Å²) < 4.78 is 0. The van der Waals surface area contributed by atoms with Gasteiger partial charge in [-0.15, -0.1) is 0 Å². The molecule has 2 fully saturated rings. The fourth-order valence-corrected chi connectivity index (χ4v) is 6.64. The molecule has 2 saturated carbocycles. The summed E-state index contributed by atoms with van der Waals surface area (Å²) in [6.45, 7) is 5.70. The van der Waals surface area contributed by atoms with Crippen LogP contribution in [0, 0.1) is 17.8 Å². The molecule has 2 aliphatic carbocycles. The van der Waals surface area contributed by atoms with E-state index in [-0.39, 0.29) is 17.5 Å². The van der Waals surface area contributed by atoms with E-state index in [0.29, 0.717) is 17.8 Å². The molecule has 4 nitrogen and oxygen atoms in total. The summed E-state index contributed by atoms with van der Waals surface area (Å²) in [5, 5.41) is 0. The lowest BCUT2D eigenvalue weighted by Crippen LogP contribution is -2.21. The van der Waals surface area contributed by atoms with Gasteiger partial charge in [0.15, 0.2) is 11.6 Å². The Bertz CT molecular complexity index is 1380. The Morgan fingerprint density at radius 2 is 1.63 bits per heavy atom. The zero-order valence-electron chi connectivity index (χ0n) is 24.9. The maximum atomic E-state index is 14.2. The van der Waals surface area contributed by atoms with Gasteiger partial charge in [-0.1, -0.05) is 61.2 Å². The number of Topliss-reactive ketones (excluding diaryl/α,β-unsaturated/α-hetero) is 2. The van der Waals surface area contributed by atoms with Crippen LogP contribution in [0.4, 0.5) is 0 Å². The lowest BCUT2D eigenvalue weighted by molar-refractivity contribution is -0.113. The third-order valence-corrected chi connectivity index (χ3v) is 9.50. The van der Waals surface area contributed by atoms with E-state index < -0.39 is 0 Å². The van der Waals surface area contributed by atoms with E-state index in [9.17, 15) is 9.59 Å². The molecule has 0 bridgehead atoms. The van der Waals surface area contributed by atoms with Gasteiger partial charge in [-0.05, 0) is 107 Å². The van der Waals surface area contributed by atoms with Crippen LogP contribution in [0.15, 0.2) is 78.0 Å². The van der Waals surface area contributed by atoms with E-state index in [2.05, 4.69) is 42.2 Å². The second kappa shape index (κ2) is 13.5. The van der Waals surface area contributed by atoms with E-state index in [1.165, 1.54) is 12.0 Å². The van der Waals surface area contributed by atoms with Gasteiger partial charge in [-0.25, -0.2) is 0 Å². The van der Waals surface area contributed by atoms with Crippen molar-refractivity contribution < 1.29 is 9.59 Å². The van der Waals surface area contributed by atoms with Gasteiger partial charge in [0.2, 0.25) is 0 Å². The van der Waals surface area contributed by atoms with Crippen LogP contribution in [0.1, 0.15) is 106 Å². The quantitative estimate of drug-likeness (QED) is 0.187. The molecule has 0 radical (unpaired) electrons. The maximum absolute atomic E-state index is 14.2. The third kappa shape index (κ3) is 7.47. The van der Waals surface area contributed by atoms with Crippen molar-refractivity contribution in [3.63, 3.8) is 0 Å². The van der Waals surface area contributed by atoms with Crippen molar-refractivity contribution in [3.8, 4) is 11.3 Å². The number of aromatic nitrogens is 2. The van der Waals surface area contributed by atoms with Crippen LogP contribution in [-0.2, 0) is 11.2 Å². The third-order valence-electron chi connectivity index (χ3n) is 9.50. The van der Waals surface area contributed by atoms with Crippen molar-refractivity contribution in [3.05, 3.63) is 95.0 Å². The van der Waals surface area contributed by atoms with Crippen LogP contribution >= 0.6 is 0 Å². The Kier molecular flexibility index (Phi) is 9.59. The average molecular weight is 549 g/mol. The Morgan fingerprint density at radius 3 is 2.39 bits per heavy atom. The molecule has 0 saturated heterocycles. The van der Waals surface area contributed by atoms with Gasteiger partial charge < -0.3 is 0 Å². The summed E-state index contributed by atoms with van der Waals surface area (Å²) >= 11 is 0. The first-order valence-corrected chi connectivity index (χ1v) is 15.6. The minimum absolute atomic E-state index is 0.0461. The van der Waals surface area contributed by atoms with E-state index in [1.54, 1.807) is 6.92 Å². The summed E-state index contributed by atoms with van der Waals surface area (Å²) in [5.74, 6) is 1.92. The Labute approximate surface area is 245 Å². The molecule has 4 heteroatoms. The summed E-state index contributed by atoms with van der Waals surface area (Å²) in [6.07, 6.45) is 12.3. The van der Waals surface area contributed by atoms with E-state index in [0.717, 1.165) is 91.6 Å². The second-order valence-electron chi connectivity index (χ2n) is 12.4. The highest BCUT2D eigenvalue weighted by atomic mass is 16.1. The highest BCUT2D eigenvalue weighted by Crippen LogP contribution is 2.51. The number of ketones is 2. The van der Waals surface area contributed by atoms with Gasteiger partial charge in [-0.3, -0.25) is 19.6 Å². The molecule has 4 unspecified atom stereocenters. The van der Waals surface area contributed by atoms with Gasteiger partial charge in [0, 0.05) is 34.9 Å². The predicted molar refractivity (Wildman–Crippen MR) is 166 cm³/mol. The van der Waals surface area contributed by atoms with Crippen molar-refractivity contribution in [2.45, 2.75) is 90.9 Å².